The number of amides is 2. The van der Waals surface area contributed by atoms with Gasteiger partial charge in [0, 0.05) is 11.8 Å². The molecule has 23 heavy (non-hydrogen) atoms. The van der Waals surface area contributed by atoms with Crippen molar-refractivity contribution in [3.05, 3.63) is 65.5 Å². The van der Waals surface area contributed by atoms with Crippen molar-refractivity contribution < 1.29 is 23.1 Å². The highest BCUT2D eigenvalue weighted by molar-refractivity contribution is 5.89. The van der Waals surface area contributed by atoms with E-state index in [1.807, 2.05) is 0 Å². The fourth-order valence-corrected chi connectivity index (χ4v) is 2.03. The largest absolute Gasteiger partial charge is 0.386 e. The van der Waals surface area contributed by atoms with Crippen LogP contribution in [0.1, 0.15) is 18.6 Å². The first-order valence-corrected chi connectivity index (χ1v) is 6.82. The summed E-state index contributed by atoms with van der Waals surface area (Å²) in [4.78, 5) is 11.8. The van der Waals surface area contributed by atoms with Crippen molar-refractivity contribution in [3.8, 4) is 0 Å². The average molecular weight is 324 g/mol. The molecule has 0 saturated heterocycles. The summed E-state index contributed by atoms with van der Waals surface area (Å²) in [5, 5.41) is 14.8. The van der Waals surface area contributed by atoms with Gasteiger partial charge in [0.05, 0.1) is 12.1 Å². The Bertz CT molecular complexity index is 672. The number of hydrogen-bond donors (Lipinski definition) is 3. The van der Waals surface area contributed by atoms with E-state index in [1.165, 1.54) is 24.3 Å². The highest BCUT2D eigenvalue weighted by Gasteiger charge is 2.18. The minimum absolute atomic E-state index is 0.0523. The summed E-state index contributed by atoms with van der Waals surface area (Å²) in [6, 6.07) is 6.36. The second-order valence-corrected chi connectivity index (χ2v) is 5.04. The fraction of sp³-hybridized carbons (Fsp3) is 0.188. The van der Waals surface area contributed by atoms with Crippen molar-refractivity contribution in [2.45, 2.75) is 19.1 Å². The van der Waals surface area contributed by atoms with Crippen LogP contribution in [0.4, 0.5) is 23.7 Å². The number of carbonyl (C=O) groups excluding carboxylic acids is 1. The van der Waals surface area contributed by atoms with Gasteiger partial charge >= 0.3 is 6.03 Å². The molecule has 0 radical (unpaired) electrons. The van der Waals surface area contributed by atoms with Gasteiger partial charge in [-0.25, -0.2) is 18.0 Å². The molecular weight excluding hydrogens is 309 g/mol. The predicted octanol–water partition coefficient (Wildman–Crippen LogP) is 3.35. The summed E-state index contributed by atoms with van der Waals surface area (Å²) in [7, 11) is 0. The lowest BCUT2D eigenvalue weighted by atomic mass is 10.0. The Morgan fingerprint density at radius 3 is 2.13 bits per heavy atom. The minimum atomic E-state index is -1.06. The third-order valence-corrected chi connectivity index (χ3v) is 3.16. The molecule has 2 aromatic carbocycles. The number of urea groups is 1. The zero-order valence-electron chi connectivity index (χ0n) is 12.2. The molecule has 4 nitrogen and oxygen atoms in total. The summed E-state index contributed by atoms with van der Waals surface area (Å²) < 4.78 is 38.9. The van der Waals surface area contributed by atoms with E-state index in [0.717, 1.165) is 12.1 Å². The molecule has 2 atom stereocenters. The monoisotopic (exact) mass is 324 g/mol. The minimum Gasteiger partial charge on any atom is -0.386 e. The number of nitrogens with one attached hydrogen (secondary N) is 2. The van der Waals surface area contributed by atoms with Crippen molar-refractivity contribution in [2.24, 2.45) is 0 Å². The molecule has 0 aliphatic rings. The maximum Gasteiger partial charge on any atom is 0.319 e. The second-order valence-electron chi connectivity index (χ2n) is 5.04. The van der Waals surface area contributed by atoms with E-state index in [4.69, 9.17) is 0 Å². The smallest absolute Gasteiger partial charge is 0.319 e. The number of hydrogen-bond acceptors (Lipinski definition) is 2. The molecule has 0 spiro atoms. The Balaban J connectivity index is 1.97. The highest BCUT2D eigenvalue weighted by atomic mass is 19.1. The van der Waals surface area contributed by atoms with Crippen LogP contribution in [-0.2, 0) is 0 Å². The number of halogens is 3. The van der Waals surface area contributed by atoms with Gasteiger partial charge in [-0.1, -0.05) is 12.1 Å². The molecule has 0 aromatic heterocycles. The zero-order valence-corrected chi connectivity index (χ0v) is 12.2. The summed E-state index contributed by atoms with van der Waals surface area (Å²) in [5.74, 6) is -2.08. The standard InChI is InChI=1S/C16H15F3N2O2/c1-9(15(22)10-2-4-11(17)5-3-10)20-16(23)21-14-7-12(18)6-13(19)8-14/h2-9,15,22H,1H3,(H2,20,21,23). The van der Waals surface area contributed by atoms with Gasteiger partial charge < -0.3 is 15.7 Å². The Hall–Kier alpha value is -2.54. The van der Waals surface area contributed by atoms with E-state index < -0.39 is 35.6 Å². The second kappa shape index (κ2) is 7.15. The molecule has 0 saturated carbocycles. The van der Waals surface area contributed by atoms with Crippen molar-refractivity contribution in [3.63, 3.8) is 0 Å². The number of aliphatic hydroxyl groups is 1. The first-order chi connectivity index (χ1) is 10.8. The van der Waals surface area contributed by atoms with Crippen LogP contribution in [0.2, 0.25) is 0 Å². The van der Waals surface area contributed by atoms with Gasteiger partial charge in [-0.05, 0) is 36.8 Å². The maximum atomic E-state index is 13.0. The van der Waals surface area contributed by atoms with Crippen LogP contribution < -0.4 is 10.6 Å². The zero-order chi connectivity index (χ0) is 17.0. The first kappa shape index (κ1) is 16.8. The quantitative estimate of drug-likeness (QED) is 0.808. The molecule has 2 aromatic rings. The van der Waals surface area contributed by atoms with Crippen LogP contribution in [0.25, 0.3) is 0 Å². The average Bonchev–Trinajstić information content (AvgIpc) is 2.45. The van der Waals surface area contributed by atoms with Crippen molar-refractivity contribution in [2.75, 3.05) is 5.32 Å². The molecule has 2 amide bonds. The SMILES string of the molecule is CC(NC(=O)Nc1cc(F)cc(F)c1)C(O)c1ccc(F)cc1. The molecule has 0 aliphatic carbocycles. The lowest BCUT2D eigenvalue weighted by molar-refractivity contribution is 0.139. The molecule has 0 heterocycles. The van der Waals surface area contributed by atoms with Crippen LogP contribution in [0.5, 0.6) is 0 Å². The highest BCUT2D eigenvalue weighted by Crippen LogP contribution is 2.17. The summed E-state index contributed by atoms with van der Waals surface area (Å²) >= 11 is 0. The van der Waals surface area contributed by atoms with E-state index in [9.17, 15) is 23.1 Å². The lowest BCUT2D eigenvalue weighted by Gasteiger charge is -2.21. The summed E-state index contributed by atoms with van der Waals surface area (Å²) in [6.07, 6.45) is -1.06. The Morgan fingerprint density at radius 1 is 1.00 bits per heavy atom. The molecular formula is C16H15F3N2O2. The maximum absolute atomic E-state index is 13.0. The van der Waals surface area contributed by atoms with Crippen molar-refractivity contribution in [1.29, 1.82) is 0 Å². The van der Waals surface area contributed by atoms with Crippen LogP contribution in [-0.4, -0.2) is 17.2 Å². The molecule has 122 valence electrons. The van der Waals surface area contributed by atoms with Gasteiger partial charge in [-0.2, -0.15) is 0 Å². The Labute approximate surface area is 131 Å². The topological polar surface area (TPSA) is 61.4 Å². The van der Waals surface area contributed by atoms with Gasteiger partial charge in [-0.15, -0.1) is 0 Å². The van der Waals surface area contributed by atoms with Crippen molar-refractivity contribution in [1.82, 2.24) is 5.32 Å². The van der Waals surface area contributed by atoms with Gasteiger partial charge in [0.1, 0.15) is 17.5 Å². The predicted molar refractivity (Wildman–Crippen MR) is 79.3 cm³/mol. The van der Waals surface area contributed by atoms with E-state index in [-0.39, 0.29) is 5.69 Å². The van der Waals surface area contributed by atoms with Crippen LogP contribution in [0.15, 0.2) is 42.5 Å². The lowest BCUT2D eigenvalue weighted by Crippen LogP contribution is -2.39. The first-order valence-electron chi connectivity index (χ1n) is 6.82. The summed E-state index contributed by atoms with van der Waals surface area (Å²) in [6.45, 7) is 1.54. The number of carbonyl (C=O) groups is 1. The van der Waals surface area contributed by atoms with E-state index in [2.05, 4.69) is 10.6 Å². The third-order valence-electron chi connectivity index (χ3n) is 3.16. The molecule has 0 fully saturated rings. The third kappa shape index (κ3) is 4.72. The molecule has 7 heteroatoms. The summed E-state index contributed by atoms with van der Waals surface area (Å²) in [5.41, 5.74) is 0.375. The van der Waals surface area contributed by atoms with E-state index >= 15 is 0 Å². The number of aliphatic hydroxyl groups excluding tert-OH is 1. The van der Waals surface area contributed by atoms with Gasteiger partial charge in [0.15, 0.2) is 0 Å². The number of anilines is 1. The van der Waals surface area contributed by atoms with E-state index in [0.29, 0.717) is 11.6 Å². The Morgan fingerprint density at radius 2 is 1.57 bits per heavy atom. The van der Waals surface area contributed by atoms with Crippen LogP contribution >= 0.6 is 0 Å². The van der Waals surface area contributed by atoms with Crippen molar-refractivity contribution >= 4 is 11.7 Å². The van der Waals surface area contributed by atoms with Gasteiger partial charge in [0.2, 0.25) is 0 Å². The molecule has 2 rings (SSSR count). The normalized spacial score (nSPS) is 13.3. The van der Waals surface area contributed by atoms with E-state index in [1.54, 1.807) is 6.92 Å². The Kier molecular flexibility index (Phi) is 5.23. The molecule has 2 unspecified atom stereocenters. The number of benzene rings is 2. The van der Waals surface area contributed by atoms with Gasteiger partial charge in [-0.3, -0.25) is 0 Å². The molecule has 0 bridgehead atoms. The number of rotatable bonds is 4. The van der Waals surface area contributed by atoms with Crippen LogP contribution in [0.3, 0.4) is 0 Å². The van der Waals surface area contributed by atoms with Crippen LogP contribution in [0, 0.1) is 17.5 Å². The molecule has 0 aliphatic heterocycles. The fourth-order valence-electron chi connectivity index (χ4n) is 2.03. The van der Waals surface area contributed by atoms with Gasteiger partial charge in [0.25, 0.3) is 0 Å². The molecule has 3 N–H and O–H groups in total.